The average Bonchev–Trinajstić information content (AvgIpc) is 2.61. The van der Waals surface area contributed by atoms with Crippen molar-refractivity contribution in [2.24, 2.45) is 11.3 Å². The molecule has 0 N–H and O–H groups in total. The molecule has 5 heteroatoms. The number of amides is 1. The van der Waals surface area contributed by atoms with Gasteiger partial charge in [0, 0.05) is 44.2 Å². The highest BCUT2D eigenvalue weighted by molar-refractivity contribution is 5.79. The molecule has 2 atom stereocenters. The van der Waals surface area contributed by atoms with Gasteiger partial charge in [0.2, 0.25) is 5.91 Å². The molecule has 0 unspecified atom stereocenters. The summed E-state index contributed by atoms with van der Waals surface area (Å²) in [5.74, 6) is 0.441. The summed E-state index contributed by atoms with van der Waals surface area (Å²) in [7, 11) is 0. The van der Waals surface area contributed by atoms with E-state index in [-0.39, 0.29) is 17.4 Å². The molecule has 0 saturated carbocycles. The number of nitrogens with zero attached hydrogens (tertiary/aromatic N) is 1. The van der Waals surface area contributed by atoms with Crippen molar-refractivity contribution in [3.05, 3.63) is 12.7 Å². The molecule has 0 spiro atoms. The van der Waals surface area contributed by atoms with E-state index in [1.807, 2.05) is 0 Å². The maximum atomic E-state index is 12.9. The van der Waals surface area contributed by atoms with Crippen LogP contribution in [0.5, 0.6) is 0 Å². The molecule has 23 heavy (non-hydrogen) atoms. The molecule has 0 aromatic carbocycles. The van der Waals surface area contributed by atoms with Crippen LogP contribution in [0.15, 0.2) is 12.7 Å². The topological polar surface area (TPSA) is 48.0 Å². The second kappa shape index (κ2) is 7.77. The lowest BCUT2D eigenvalue weighted by atomic mass is 9.72. The molecule has 5 nitrogen and oxygen atoms in total. The first-order chi connectivity index (χ1) is 11.2. The maximum absolute atomic E-state index is 12.9. The van der Waals surface area contributed by atoms with Gasteiger partial charge in [0.15, 0.2) is 0 Å². The maximum Gasteiger partial charge on any atom is 0.225 e. The first-order valence-corrected chi connectivity index (χ1v) is 8.92. The Morgan fingerprint density at radius 3 is 2.91 bits per heavy atom. The van der Waals surface area contributed by atoms with Crippen LogP contribution in [0.2, 0.25) is 0 Å². The molecule has 3 heterocycles. The van der Waals surface area contributed by atoms with Crippen LogP contribution >= 0.6 is 0 Å². The minimum absolute atomic E-state index is 0.0413. The van der Waals surface area contributed by atoms with Crippen LogP contribution in [-0.4, -0.2) is 63.0 Å². The van der Waals surface area contributed by atoms with Crippen molar-refractivity contribution in [1.29, 1.82) is 0 Å². The SMILES string of the molecule is C=CCOC[C@@]12CCCO[C@@H]1CCN(C(=O)C1CCOCC1)C2. The summed E-state index contributed by atoms with van der Waals surface area (Å²) in [4.78, 5) is 14.9. The Kier molecular flexibility index (Phi) is 5.72. The van der Waals surface area contributed by atoms with E-state index in [0.29, 0.717) is 32.3 Å². The highest BCUT2D eigenvalue weighted by Gasteiger charge is 2.47. The van der Waals surface area contributed by atoms with E-state index in [1.54, 1.807) is 6.08 Å². The number of rotatable bonds is 5. The van der Waals surface area contributed by atoms with Crippen molar-refractivity contribution >= 4 is 5.91 Å². The van der Waals surface area contributed by atoms with Gasteiger partial charge in [-0.05, 0) is 32.1 Å². The van der Waals surface area contributed by atoms with E-state index in [9.17, 15) is 4.79 Å². The highest BCUT2D eigenvalue weighted by Crippen LogP contribution is 2.41. The Morgan fingerprint density at radius 2 is 2.13 bits per heavy atom. The fourth-order valence-corrected chi connectivity index (χ4v) is 4.24. The number of carbonyl (C=O) groups excluding carboxylic acids is 1. The van der Waals surface area contributed by atoms with Gasteiger partial charge in [0.1, 0.15) is 0 Å². The number of carbonyl (C=O) groups is 1. The van der Waals surface area contributed by atoms with Gasteiger partial charge < -0.3 is 19.1 Å². The molecular weight excluding hydrogens is 294 g/mol. The van der Waals surface area contributed by atoms with Crippen molar-refractivity contribution in [3.8, 4) is 0 Å². The molecule has 130 valence electrons. The zero-order valence-corrected chi connectivity index (χ0v) is 14.0. The van der Waals surface area contributed by atoms with Gasteiger partial charge in [-0.3, -0.25) is 4.79 Å². The lowest BCUT2D eigenvalue weighted by Gasteiger charge is -2.50. The summed E-state index contributed by atoms with van der Waals surface area (Å²) in [6, 6.07) is 0. The normalized spacial score (nSPS) is 32.3. The van der Waals surface area contributed by atoms with E-state index in [2.05, 4.69) is 11.5 Å². The number of likely N-dealkylation sites (tertiary alicyclic amines) is 1. The molecule has 3 saturated heterocycles. The minimum atomic E-state index is -0.0413. The molecule has 0 aliphatic carbocycles. The number of hydrogen-bond acceptors (Lipinski definition) is 4. The standard InChI is InChI=1S/C18H29NO4/c1-2-9-22-14-18-7-3-10-23-16(18)4-8-19(13-18)17(20)15-5-11-21-12-6-15/h2,15-16H,1,3-14H2/t16-,18+/m1/s1. The van der Waals surface area contributed by atoms with Gasteiger partial charge in [-0.2, -0.15) is 0 Å². The Labute approximate surface area is 138 Å². The molecule has 0 radical (unpaired) electrons. The van der Waals surface area contributed by atoms with Crippen LogP contribution in [0.4, 0.5) is 0 Å². The molecule has 3 fully saturated rings. The van der Waals surface area contributed by atoms with Gasteiger partial charge >= 0.3 is 0 Å². The van der Waals surface area contributed by atoms with Crippen LogP contribution in [0.1, 0.15) is 32.1 Å². The van der Waals surface area contributed by atoms with E-state index in [4.69, 9.17) is 14.2 Å². The number of ether oxygens (including phenoxy) is 3. The lowest BCUT2D eigenvalue weighted by molar-refractivity contribution is -0.167. The lowest BCUT2D eigenvalue weighted by Crippen LogP contribution is -2.59. The quantitative estimate of drug-likeness (QED) is 0.574. The summed E-state index contributed by atoms with van der Waals surface area (Å²) in [6.45, 7) is 8.77. The summed E-state index contributed by atoms with van der Waals surface area (Å²) in [5, 5.41) is 0. The van der Waals surface area contributed by atoms with Crippen LogP contribution in [-0.2, 0) is 19.0 Å². The smallest absolute Gasteiger partial charge is 0.225 e. The Balaban J connectivity index is 1.66. The van der Waals surface area contributed by atoms with Gasteiger partial charge in [0.25, 0.3) is 0 Å². The number of hydrogen-bond donors (Lipinski definition) is 0. The van der Waals surface area contributed by atoms with Gasteiger partial charge in [0.05, 0.1) is 19.3 Å². The third-order valence-electron chi connectivity index (χ3n) is 5.50. The van der Waals surface area contributed by atoms with Crippen LogP contribution in [0, 0.1) is 11.3 Å². The van der Waals surface area contributed by atoms with E-state index in [0.717, 1.165) is 51.8 Å². The van der Waals surface area contributed by atoms with Crippen molar-refractivity contribution in [1.82, 2.24) is 4.90 Å². The first kappa shape index (κ1) is 16.9. The third-order valence-corrected chi connectivity index (χ3v) is 5.50. The molecule has 3 rings (SSSR count). The van der Waals surface area contributed by atoms with E-state index in [1.165, 1.54) is 0 Å². The Morgan fingerprint density at radius 1 is 1.30 bits per heavy atom. The summed E-state index contributed by atoms with van der Waals surface area (Å²) in [5.41, 5.74) is -0.0413. The van der Waals surface area contributed by atoms with Crippen LogP contribution in [0.3, 0.4) is 0 Å². The van der Waals surface area contributed by atoms with Gasteiger partial charge in [-0.25, -0.2) is 0 Å². The average molecular weight is 323 g/mol. The fourth-order valence-electron chi connectivity index (χ4n) is 4.24. The van der Waals surface area contributed by atoms with Crippen molar-refractivity contribution in [2.45, 2.75) is 38.2 Å². The van der Waals surface area contributed by atoms with Crippen LogP contribution < -0.4 is 0 Å². The molecule has 3 aliphatic rings. The third kappa shape index (κ3) is 3.78. The van der Waals surface area contributed by atoms with E-state index < -0.39 is 0 Å². The predicted molar refractivity (Wildman–Crippen MR) is 87.2 cm³/mol. The summed E-state index contributed by atoms with van der Waals surface area (Å²) in [6.07, 6.45) is 6.76. The largest absolute Gasteiger partial charge is 0.381 e. The second-order valence-electron chi connectivity index (χ2n) is 7.06. The predicted octanol–water partition coefficient (Wildman–Crippen LogP) is 2.01. The molecule has 0 aromatic heterocycles. The Bertz CT molecular complexity index is 421. The second-order valence-corrected chi connectivity index (χ2v) is 7.06. The number of fused-ring (bicyclic) bond motifs is 1. The molecular formula is C18H29NO4. The summed E-state index contributed by atoms with van der Waals surface area (Å²) < 4.78 is 17.2. The van der Waals surface area contributed by atoms with Crippen LogP contribution in [0.25, 0.3) is 0 Å². The van der Waals surface area contributed by atoms with Crippen molar-refractivity contribution in [3.63, 3.8) is 0 Å². The van der Waals surface area contributed by atoms with Gasteiger partial charge in [-0.15, -0.1) is 6.58 Å². The molecule has 3 aliphatic heterocycles. The summed E-state index contributed by atoms with van der Waals surface area (Å²) >= 11 is 0. The van der Waals surface area contributed by atoms with Crippen molar-refractivity contribution in [2.75, 3.05) is 46.1 Å². The van der Waals surface area contributed by atoms with Crippen molar-refractivity contribution < 1.29 is 19.0 Å². The van der Waals surface area contributed by atoms with Gasteiger partial charge in [-0.1, -0.05) is 6.08 Å². The zero-order chi connectivity index (χ0) is 16.1. The molecule has 0 bridgehead atoms. The molecule has 0 aromatic rings. The monoisotopic (exact) mass is 323 g/mol. The first-order valence-electron chi connectivity index (χ1n) is 8.92. The zero-order valence-electron chi connectivity index (χ0n) is 14.0. The van der Waals surface area contributed by atoms with E-state index >= 15 is 0 Å². The fraction of sp³-hybridized carbons (Fsp3) is 0.833. The molecule has 1 amide bonds. The highest BCUT2D eigenvalue weighted by atomic mass is 16.5. The minimum Gasteiger partial charge on any atom is -0.381 e. The Hall–Kier alpha value is -0.910. The number of piperidine rings is 1.